The molecule has 0 saturated carbocycles. The zero-order valence-electron chi connectivity index (χ0n) is 20.9. The summed E-state index contributed by atoms with van der Waals surface area (Å²) in [7, 11) is 0. The normalized spacial score (nSPS) is 14.5. The zero-order valence-corrected chi connectivity index (χ0v) is 20.9. The molecule has 1 aliphatic heterocycles. The third-order valence-corrected chi connectivity index (χ3v) is 6.79. The highest BCUT2D eigenvalue weighted by Gasteiger charge is 2.39. The summed E-state index contributed by atoms with van der Waals surface area (Å²) in [4.78, 5) is 27.3. The van der Waals surface area contributed by atoms with Gasteiger partial charge in [-0.3, -0.25) is 9.59 Å². The average Bonchev–Trinajstić information content (AvgIpc) is 3.41. The number of benzene rings is 3. The van der Waals surface area contributed by atoms with Crippen molar-refractivity contribution in [1.29, 1.82) is 5.26 Å². The molecule has 39 heavy (non-hydrogen) atoms. The number of halogens is 1. The van der Waals surface area contributed by atoms with Gasteiger partial charge in [0.15, 0.2) is 0 Å². The molecule has 2 N–H and O–H groups in total. The molecule has 3 heterocycles. The van der Waals surface area contributed by atoms with Crippen LogP contribution < -0.4 is 21.6 Å². The Balaban J connectivity index is 1.67. The molecule has 1 unspecified atom stereocenters. The molecule has 2 aromatic heterocycles. The minimum Gasteiger partial charge on any atom is -0.439 e. The van der Waals surface area contributed by atoms with Crippen LogP contribution in [0.5, 0.6) is 11.6 Å². The SMILES string of the molecule is Cc1ccc(-n2nc(C)c(C3C(C#N)=C(N)n4c(=O)c5ccccc5c(=O)n43)c2Oc2ccc(F)cc2)cc1. The van der Waals surface area contributed by atoms with Crippen molar-refractivity contribution in [2.45, 2.75) is 19.9 Å². The fraction of sp³-hybridized carbons (Fsp3) is 0.103. The Hall–Kier alpha value is -5.43. The van der Waals surface area contributed by atoms with Gasteiger partial charge in [0, 0.05) is 0 Å². The average molecular weight is 521 g/mol. The number of allylic oxidation sites excluding steroid dienone is 1. The molecule has 0 aliphatic carbocycles. The quantitative estimate of drug-likeness (QED) is 0.380. The highest BCUT2D eigenvalue weighted by Crippen LogP contribution is 2.41. The maximum absolute atomic E-state index is 13.8. The van der Waals surface area contributed by atoms with Crippen molar-refractivity contribution in [2.75, 3.05) is 0 Å². The number of nitrogens with zero attached hydrogens (tertiary/aromatic N) is 5. The van der Waals surface area contributed by atoms with E-state index in [0.29, 0.717) is 22.7 Å². The molecule has 0 saturated heterocycles. The summed E-state index contributed by atoms with van der Waals surface area (Å²) < 4.78 is 23.7. The van der Waals surface area contributed by atoms with Gasteiger partial charge in [-0.1, -0.05) is 29.8 Å². The van der Waals surface area contributed by atoms with Gasteiger partial charge in [0.1, 0.15) is 35.1 Å². The predicted octanol–water partition coefficient (Wildman–Crippen LogP) is 4.15. The van der Waals surface area contributed by atoms with E-state index < -0.39 is 23.0 Å². The molecule has 0 amide bonds. The topological polar surface area (TPSA) is 121 Å². The summed E-state index contributed by atoms with van der Waals surface area (Å²) in [5, 5.41) is 15.3. The molecule has 192 valence electrons. The largest absolute Gasteiger partial charge is 0.439 e. The number of ether oxygens (including phenoxy) is 1. The first-order valence-electron chi connectivity index (χ1n) is 12.1. The van der Waals surface area contributed by atoms with Crippen LogP contribution in [-0.2, 0) is 0 Å². The maximum Gasteiger partial charge on any atom is 0.279 e. The van der Waals surface area contributed by atoms with Gasteiger partial charge >= 0.3 is 0 Å². The van der Waals surface area contributed by atoms with Gasteiger partial charge in [0.25, 0.3) is 11.1 Å². The van der Waals surface area contributed by atoms with Crippen molar-refractivity contribution in [2.24, 2.45) is 5.73 Å². The number of fused-ring (bicyclic) bond motifs is 2. The number of hydrogen-bond acceptors (Lipinski definition) is 6. The molecular weight excluding hydrogens is 499 g/mol. The number of nitriles is 1. The highest BCUT2D eigenvalue weighted by atomic mass is 19.1. The van der Waals surface area contributed by atoms with Gasteiger partial charge in [-0.25, -0.2) is 13.8 Å². The molecule has 6 rings (SSSR count). The molecule has 10 heteroatoms. The van der Waals surface area contributed by atoms with Crippen LogP contribution in [-0.4, -0.2) is 19.1 Å². The van der Waals surface area contributed by atoms with Gasteiger partial charge in [-0.05, 0) is 62.4 Å². The minimum atomic E-state index is -1.10. The lowest BCUT2D eigenvalue weighted by atomic mass is 10.0. The van der Waals surface area contributed by atoms with Crippen molar-refractivity contribution in [3.8, 4) is 23.4 Å². The van der Waals surface area contributed by atoms with Crippen LogP contribution in [0.15, 0.2) is 88.0 Å². The molecule has 3 aromatic carbocycles. The lowest BCUT2D eigenvalue weighted by Crippen LogP contribution is -2.38. The Labute approximate surface area is 221 Å². The zero-order chi connectivity index (χ0) is 27.4. The number of aromatic nitrogens is 4. The smallest absolute Gasteiger partial charge is 0.279 e. The van der Waals surface area contributed by atoms with E-state index in [0.717, 1.165) is 10.2 Å². The second-order valence-electron chi connectivity index (χ2n) is 9.23. The maximum atomic E-state index is 13.8. The van der Waals surface area contributed by atoms with Crippen molar-refractivity contribution >= 4 is 16.6 Å². The van der Waals surface area contributed by atoms with Crippen LogP contribution in [0.25, 0.3) is 22.3 Å². The van der Waals surface area contributed by atoms with Gasteiger partial charge in [0.2, 0.25) is 5.88 Å². The standard InChI is InChI=1S/C29H21FN6O3/c1-16-7-11-19(12-8-16)34-29(39-20-13-9-18(30)10-14-20)24(17(2)33-34)25-23(15-31)26(32)36-28(38)22-6-4-3-5-21(22)27(37)35(25)36/h3-14,25H,32H2,1-2H3. The first-order valence-corrected chi connectivity index (χ1v) is 12.1. The van der Waals surface area contributed by atoms with Crippen LogP contribution >= 0.6 is 0 Å². The summed E-state index contributed by atoms with van der Waals surface area (Å²) >= 11 is 0. The van der Waals surface area contributed by atoms with E-state index in [1.165, 1.54) is 28.9 Å². The van der Waals surface area contributed by atoms with Crippen LogP contribution in [0.3, 0.4) is 0 Å². The molecule has 0 bridgehead atoms. The Morgan fingerprint density at radius 2 is 1.59 bits per heavy atom. The van der Waals surface area contributed by atoms with Crippen molar-refractivity contribution in [3.63, 3.8) is 0 Å². The van der Waals surface area contributed by atoms with Gasteiger partial charge < -0.3 is 10.5 Å². The summed E-state index contributed by atoms with van der Waals surface area (Å²) in [5.74, 6) is -0.0848. The van der Waals surface area contributed by atoms with Crippen LogP contribution in [0.1, 0.15) is 22.9 Å². The van der Waals surface area contributed by atoms with Gasteiger partial charge in [0.05, 0.1) is 27.7 Å². The molecule has 1 aliphatic rings. The van der Waals surface area contributed by atoms with Crippen molar-refractivity contribution in [3.05, 3.63) is 122 Å². The van der Waals surface area contributed by atoms with Crippen LogP contribution in [0, 0.1) is 31.0 Å². The summed E-state index contributed by atoms with van der Waals surface area (Å²) in [6.45, 7) is 3.67. The van der Waals surface area contributed by atoms with E-state index in [-0.39, 0.29) is 28.0 Å². The number of aryl methyl sites for hydroxylation is 2. The fourth-order valence-electron chi connectivity index (χ4n) is 4.91. The molecule has 0 spiro atoms. The van der Waals surface area contributed by atoms with Gasteiger partial charge in [-0.15, -0.1) is 0 Å². The van der Waals surface area contributed by atoms with E-state index in [4.69, 9.17) is 15.6 Å². The summed E-state index contributed by atoms with van der Waals surface area (Å²) in [6, 6.07) is 20.4. The molecule has 0 radical (unpaired) electrons. The van der Waals surface area contributed by atoms with Gasteiger partial charge in [-0.2, -0.15) is 15.0 Å². The number of nitrogens with two attached hydrogens (primary N) is 1. The van der Waals surface area contributed by atoms with E-state index in [2.05, 4.69) is 6.07 Å². The molecule has 9 nitrogen and oxygen atoms in total. The highest BCUT2D eigenvalue weighted by molar-refractivity contribution is 5.82. The van der Waals surface area contributed by atoms with Crippen LogP contribution in [0.4, 0.5) is 4.39 Å². The monoisotopic (exact) mass is 520 g/mol. The number of rotatable bonds is 4. The lowest BCUT2D eigenvalue weighted by molar-refractivity contribution is 0.428. The van der Waals surface area contributed by atoms with Crippen molar-refractivity contribution in [1.82, 2.24) is 19.1 Å². The Kier molecular flexibility index (Phi) is 5.43. The Morgan fingerprint density at radius 1 is 0.949 bits per heavy atom. The Morgan fingerprint density at radius 3 is 2.23 bits per heavy atom. The first-order chi connectivity index (χ1) is 18.8. The van der Waals surface area contributed by atoms with Crippen LogP contribution in [0.2, 0.25) is 0 Å². The second-order valence-corrected chi connectivity index (χ2v) is 9.23. The van der Waals surface area contributed by atoms with E-state index >= 15 is 0 Å². The number of hydrogen-bond donors (Lipinski definition) is 1. The molecular formula is C29H21FN6O3. The third-order valence-electron chi connectivity index (χ3n) is 6.79. The van der Waals surface area contributed by atoms with E-state index in [9.17, 15) is 19.2 Å². The lowest BCUT2D eigenvalue weighted by Gasteiger charge is -2.18. The Bertz CT molecular complexity index is 1980. The van der Waals surface area contributed by atoms with E-state index in [1.807, 2.05) is 31.2 Å². The second kappa shape index (κ2) is 8.85. The fourth-order valence-corrected chi connectivity index (χ4v) is 4.91. The molecule has 5 aromatic rings. The summed E-state index contributed by atoms with van der Waals surface area (Å²) in [5.41, 5.74) is 7.82. The summed E-state index contributed by atoms with van der Waals surface area (Å²) in [6.07, 6.45) is 0. The first kappa shape index (κ1) is 23.9. The van der Waals surface area contributed by atoms with E-state index in [1.54, 1.807) is 35.9 Å². The minimum absolute atomic E-state index is 0.0000170. The van der Waals surface area contributed by atoms with Crippen molar-refractivity contribution < 1.29 is 9.13 Å². The third kappa shape index (κ3) is 3.63. The molecule has 0 fully saturated rings. The predicted molar refractivity (Wildman–Crippen MR) is 143 cm³/mol. The molecule has 1 atom stereocenters.